The molecule has 1 aliphatic carbocycles. The van der Waals surface area contributed by atoms with Crippen LogP contribution in [-0.4, -0.2) is 23.9 Å². The number of hydrogen-bond acceptors (Lipinski definition) is 5. The Morgan fingerprint density at radius 2 is 2.04 bits per heavy atom. The molecule has 0 saturated heterocycles. The molecule has 3 N–H and O–H groups in total. The average molecular weight is 338 g/mol. The Bertz CT molecular complexity index is 578. The van der Waals surface area contributed by atoms with Crippen LogP contribution in [0.3, 0.4) is 0 Å². The molecule has 126 valence electrons. The van der Waals surface area contributed by atoms with Gasteiger partial charge < -0.3 is 15.8 Å². The van der Waals surface area contributed by atoms with E-state index >= 15 is 0 Å². The summed E-state index contributed by atoms with van der Waals surface area (Å²) in [6, 6.07) is 1.54. The third kappa shape index (κ3) is 5.06. The van der Waals surface area contributed by atoms with E-state index in [1.54, 1.807) is 11.4 Å². The summed E-state index contributed by atoms with van der Waals surface area (Å²) in [5, 5.41) is 4.62. The van der Waals surface area contributed by atoms with E-state index in [2.05, 4.69) is 5.32 Å². The van der Waals surface area contributed by atoms with Crippen molar-refractivity contribution in [1.82, 2.24) is 0 Å². The van der Waals surface area contributed by atoms with Crippen LogP contribution in [0.1, 0.15) is 55.8 Å². The molecule has 2 rings (SSSR count). The summed E-state index contributed by atoms with van der Waals surface area (Å²) in [5.41, 5.74) is 5.48. The number of esters is 1. The Morgan fingerprint density at radius 1 is 1.35 bits per heavy atom. The van der Waals surface area contributed by atoms with Gasteiger partial charge in [0.2, 0.25) is 0 Å². The summed E-state index contributed by atoms with van der Waals surface area (Å²) in [7, 11) is 0. The Kier molecular flexibility index (Phi) is 6.15. The molecule has 23 heavy (non-hydrogen) atoms. The standard InChI is InChI=1S/C16H22N2O4S/c1-10(22-13(19)9-11-5-3-2-4-6-11)15(21)18-16-12(14(17)20)7-8-23-16/h7-8,10-11H,2-6,9H2,1H3,(H2,17,20)(H,18,21). The summed E-state index contributed by atoms with van der Waals surface area (Å²) >= 11 is 1.20. The van der Waals surface area contributed by atoms with Crippen molar-refractivity contribution in [2.45, 2.75) is 51.6 Å². The SMILES string of the molecule is CC(OC(=O)CC1CCCCC1)C(=O)Nc1sccc1C(N)=O. The van der Waals surface area contributed by atoms with Crippen LogP contribution < -0.4 is 11.1 Å². The number of hydrogen-bond donors (Lipinski definition) is 2. The highest BCUT2D eigenvalue weighted by atomic mass is 32.1. The first kappa shape index (κ1) is 17.5. The van der Waals surface area contributed by atoms with Gasteiger partial charge in [-0.2, -0.15) is 0 Å². The smallest absolute Gasteiger partial charge is 0.306 e. The Balaban J connectivity index is 1.83. The number of nitrogens with one attached hydrogen (secondary N) is 1. The van der Waals surface area contributed by atoms with Crippen LogP contribution in [0.2, 0.25) is 0 Å². The largest absolute Gasteiger partial charge is 0.453 e. The van der Waals surface area contributed by atoms with E-state index in [-0.39, 0.29) is 11.5 Å². The second-order valence-corrected chi connectivity index (χ2v) is 6.77. The van der Waals surface area contributed by atoms with Gasteiger partial charge in [0, 0.05) is 6.42 Å². The van der Waals surface area contributed by atoms with Crippen LogP contribution in [0, 0.1) is 5.92 Å². The molecular weight excluding hydrogens is 316 g/mol. The Labute approximate surface area is 139 Å². The summed E-state index contributed by atoms with van der Waals surface area (Å²) in [6.45, 7) is 1.52. The van der Waals surface area contributed by atoms with Crippen LogP contribution >= 0.6 is 11.3 Å². The number of primary amides is 1. The summed E-state index contributed by atoms with van der Waals surface area (Å²) in [4.78, 5) is 35.2. The number of amides is 2. The molecule has 1 aromatic rings. The lowest BCUT2D eigenvalue weighted by molar-refractivity contribution is -0.154. The zero-order chi connectivity index (χ0) is 16.8. The van der Waals surface area contributed by atoms with E-state index in [4.69, 9.17) is 10.5 Å². The first-order chi connectivity index (χ1) is 11.0. The zero-order valence-corrected chi connectivity index (χ0v) is 14.0. The number of ether oxygens (including phenoxy) is 1. The normalized spacial score (nSPS) is 16.6. The molecule has 1 saturated carbocycles. The molecule has 2 amide bonds. The van der Waals surface area contributed by atoms with Gasteiger partial charge in [0.15, 0.2) is 6.10 Å². The number of anilines is 1. The van der Waals surface area contributed by atoms with Gasteiger partial charge in [0.1, 0.15) is 5.00 Å². The van der Waals surface area contributed by atoms with Gasteiger partial charge in [-0.05, 0) is 37.1 Å². The molecule has 1 heterocycles. The lowest BCUT2D eigenvalue weighted by Crippen LogP contribution is -2.31. The highest BCUT2D eigenvalue weighted by molar-refractivity contribution is 7.14. The van der Waals surface area contributed by atoms with Gasteiger partial charge in [-0.15, -0.1) is 11.3 Å². The molecule has 1 unspecified atom stereocenters. The van der Waals surface area contributed by atoms with Crippen molar-refractivity contribution in [3.05, 3.63) is 17.0 Å². The highest BCUT2D eigenvalue weighted by Crippen LogP contribution is 2.27. The quantitative estimate of drug-likeness (QED) is 0.779. The lowest BCUT2D eigenvalue weighted by atomic mass is 9.87. The molecule has 0 aromatic carbocycles. The second-order valence-electron chi connectivity index (χ2n) is 5.86. The number of rotatable bonds is 6. The third-order valence-electron chi connectivity index (χ3n) is 4.02. The van der Waals surface area contributed by atoms with Gasteiger partial charge >= 0.3 is 5.97 Å². The van der Waals surface area contributed by atoms with Crippen LogP contribution in [0.5, 0.6) is 0 Å². The zero-order valence-electron chi connectivity index (χ0n) is 13.2. The summed E-state index contributed by atoms with van der Waals surface area (Å²) in [6.07, 6.45) is 5.09. The van der Waals surface area contributed by atoms with Crippen LogP contribution in [0.4, 0.5) is 5.00 Å². The Morgan fingerprint density at radius 3 is 2.70 bits per heavy atom. The maximum absolute atomic E-state index is 12.1. The molecule has 1 aliphatic rings. The van der Waals surface area contributed by atoms with E-state index in [0.717, 1.165) is 25.7 Å². The molecule has 6 nitrogen and oxygen atoms in total. The minimum Gasteiger partial charge on any atom is -0.453 e. The third-order valence-corrected chi connectivity index (χ3v) is 4.85. The van der Waals surface area contributed by atoms with Crippen molar-refractivity contribution in [3.8, 4) is 0 Å². The summed E-state index contributed by atoms with van der Waals surface area (Å²) in [5.74, 6) is -1.05. The molecule has 7 heteroatoms. The maximum Gasteiger partial charge on any atom is 0.306 e. The molecule has 0 radical (unpaired) electrons. The summed E-state index contributed by atoms with van der Waals surface area (Å²) < 4.78 is 5.20. The molecule has 1 fully saturated rings. The van der Waals surface area contributed by atoms with Crippen molar-refractivity contribution in [1.29, 1.82) is 0 Å². The molecule has 0 spiro atoms. The van der Waals surface area contributed by atoms with Crippen molar-refractivity contribution in [2.24, 2.45) is 11.7 Å². The molecule has 1 aromatic heterocycles. The minimum absolute atomic E-state index is 0.254. The lowest BCUT2D eigenvalue weighted by Gasteiger charge is -2.21. The fourth-order valence-corrected chi connectivity index (χ4v) is 3.53. The van der Waals surface area contributed by atoms with Gasteiger partial charge in [-0.1, -0.05) is 19.3 Å². The maximum atomic E-state index is 12.1. The fraction of sp³-hybridized carbons (Fsp3) is 0.562. The van der Waals surface area contributed by atoms with Crippen molar-refractivity contribution in [2.75, 3.05) is 5.32 Å². The number of carbonyl (C=O) groups is 3. The van der Waals surface area contributed by atoms with Crippen molar-refractivity contribution in [3.63, 3.8) is 0 Å². The van der Waals surface area contributed by atoms with E-state index in [9.17, 15) is 14.4 Å². The number of thiophene rings is 1. The van der Waals surface area contributed by atoms with Gasteiger partial charge in [-0.25, -0.2) is 0 Å². The predicted octanol–water partition coefficient (Wildman–Crippen LogP) is 2.69. The molecular formula is C16H22N2O4S. The van der Waals surface area contributed by atoms with Crippen molar-refractivity contribution < 1.29 is 19.1 Å². The first-order valence-corrected chi connectivity index (χ1v) is 8.73. The van der Waals surface area contributed by atoms with Gasteiger partial charge in [0.05, 0.1) is 5.56 Å². The fourth-order valence-electron chi connectivity index (χ4n) is 2.74. The van der Waals surface area contributed by atoms with Gasteiger partial charge in [0.25, 0.3) is 11.8 Å². The number of nitrogens with two attached hydrogens (primary N) is 1. The average Bonchev–Trinajstić information content (AvgIpc) is 2.96. The molecule has 0 aliphatic heterocycles. The molecule has 0 bridgehead atoms. The van der Waals surface area contributed by atoms with Crippen LogP contribution in [0.15, 0.2) is 11.4 Å². The monoisotopic (exact) mass is 338 g/mol. The van der Waals surface area contributed by atoms with E-state index in [1.165, 1.54) is 24.7 Å². The molecule has 1 atom stereocenters. The van der Waals surface area contributed by atoms with Crippen LogP contribution in [-0.2, 0) is 14.3 Å². The van der Waals surface area contributed by atoms with E-state index in [1.807, 2.05) is 0 Å². The second kappa shape index (κ2) is 8.10. The van der Waals surface area contributed by atoms with Gasteiger partial charge in [-0.3, -0.25) is 14.4 Å². The topological polar surface area (TPSA) is 98.5 Å². The predicted molar refractivity (Wildman–Crippen MR) is 88.2 cm³/mol. The number of carbonyl (C=O) groups excluding carboxylic acids is 3. The van der Waals surface area contributed by atoms with E-state index in [0.29, 0.717) is 17.3 Å². The van der Waals surface area contributed by atoms with Crippen molar-refractivity contribution >= 4 is 34.1 Å². The first-order valence-electron chi connectivity index (χ1n) is 7.85. The highest BCUT2D eigenvalue weighted by Gasteiger charge is 2.23. The minimum atomic E-state index is -0.908. The van der Waals surface area contributed by atoms with Crippen LogP contribution in [0.25, 0.3) is 0 Å². The van der Waals surface area contributed by atoms with E-state index < -0.39 is 17.9 Å². The Hall–Kier alpha value is -1.89.